The lowest BCUT2D eigenvalue weighted by atomic mass is 9.97. The summed E-state index contributed by atoms with van der Waals surface area (Å²) in [5.74, 6) is 2.32. The summed E-state index contributed by atoms with van der Waals surface area (Å²) in [4.78, 5) is 61.8. The third-order valence-corrected chi connectivity index (χ3v) is 12.0. The van der Waals surface area contributed by atoms with Crippen molar-refractivity contribution in [2.75, 3.05) is 120 Å². The highest BCUT2D eigenvalue weighted by Gasteiger charge is 2.35. The first-order chi connectivity index (χ1) is 31.9. The van der Waals surface area contributed by atoms with Gasteiger partial charge >= 0.3 is 5.97 Å². The van der Waals surface area contributed by atoms with E-state index in [9.17, 15) is 24.6 Å². The van der Waals surface area contributed by atoms with Crippen molar-refractivity contribution in [2.45, 2.75) is 77.5 Å². The van der Waals surface area contributed by atoms with Crippen molar-refractivity contribution >= 4 is 35.6 Å². The molecule has 7 N–H and O–H groups in total. The van der Waals surface area contributed by atoms with Crippen LogP contribution in [0.4, 0.5) is 17.8 Å². The van der Waals surface area contributed by atoms with Gasteiger partial charge in [0.2, 0.25) is 29.7 Å². The highest BCUT2D eigenvalue weighted by molar-refractivity contribution is 5.82. The summed E-state index contributed by atoms with van der Waals surface area (Å²) in [7, 11) is 0. The van der Waals surface area contributed by atoms with E-state index >= 15 is 0 Å². The molecular formula is C42H68N16O8. The van der Waals surface area contributed by atoms with E-state index in [1.807, 2.05) is 42.4 Å². The number of carboxylic acids is 1. The van der Waals surface area contributed by atoms with Gasteiger partial charge in [0.15, 0.2) is 0 Å². The summed E-state index contributed by atoms with van der Waals surface area (Å²) in [6.07, 6.45) is 9.86. The molecule has 0 radical (unpaired) electrons. The van der Waals surface area contributed by atoms with Gasteiger partial charge in [0, 0.05) is 65.3 Å². The highest BCUT2D eigenvalue weighted by Crippen LogP contribution is 2.27. The number of ether oxygens (including phenoxy) is 3. The van der Waals surface area contributed by atoms with Crippen LogP contribution in [0, 0.1) is 24.2 Å². The minimum absolute atomic E-state index is 0.0400. The Hall–Kier alpha value is -5.58. The Balaban J connectivity index is 1.27. The van der Waals surface area contributed by atoms with E-state index in [-0.39, 0.29) is 55.7 Å². The number of aliphatic hydroxyl groups is 1. The van der Waals surface area contributed by atoms with Crippen molar-refractivity contribution in [1.82, 2.24) is 54.7 Å². The van der Waals surface area contributed by atoms with E-state index in [0.717, 1.165) is 12.8 Å². The predicted octanol–water partition coefficient (Wildman–Crippen LogP) is -0.122. The number of amides is 2. The molecule has 0 aliphatic carbocycles. The molecule has 24 nitrogen and oxygen atoms in total. The molecule has 3 aromatic heterocycles. The first-order valence-electron chi connectivity index (χ1n) is 22.8. The summed E-state index contributed by atoms with van der Waals surface area (Å²) < 4.78 is 19.5. The zero-order valence-corrected chi connectivity index (χ0v) is 38.7. The second kappa shape index (κ2) is 25.9. The number of aliphatic carboxylic acids is 1. The van der Waals surface area contributed by atoms with Gasteiger partial charge in [-0.3, -0.25) is 14.4 Å². The Morgan fingerprint density at radius 3 is 1.89 bits per heavy atom. The number of terminal acetylenes is 1. The molecule has 0 saturated carbocycles. The molecule has 2 aliphatic heterocycles. The van der Waals surface area contributed by atoms with Crippen LogP contribution in [0.3, 0.4) is 0 Å². The molecule has 5 heterocycles. The number of hydrogen-bond acceptors (Lipinski definition) is 19. The van der Waals surface area contributed by atoms with Crippen molar-refractivity contribution in [3.05, 3.63) is 23.8 Å². The minimum Gasteiger partial charge on any atom is -0.481 e. The smallest absolute Gasteiger partial charge is 0.303 e. The second-order valence-electron chi connectivity index (χ2n) is 16.5. The van der Waals surface area contributed by atoms with Crippen LogP contribution in [0.1, 0.15) is 88.9 Å². The van der Waals surface area contributed by atoms with Crippen molar-refractivity contribution < 1.29 is 38.8 Å². The number of nitrogens with two attached hydrogens (primary N) is 2. The molecule has 2 aliphatic rings. The van der Waals surface area contributed by atoms with Crippen molar-refractivity contribution in [2.24, 2.45) is 23.3 Å². The molecule has 66 heavy (non-hydrogen) atoms. The Morgan fingerprint density at radius 2 is 1.32 bits per heavy atom. The number of nitrogens with zero attached hydrogens (tertiary/aromatic N) is 13. The molecule has 2 saturated heterocycles. The zero-order valence-electron chi connectivity index (χ0n) is 38.7. The van der Waals surface area contributed by atoms with Crippen LogP contribution in [0.2, 0.25) is 0 Å². The van der Waals surface area contributed by atoms with Crippen LogP contribution >= 0.6 is 0 Å². The number of carboxylic acid groups (broad SMARTS) is 1. The van der Waals surface area contributed by atoms with E-state index in [1.54, 1.807) is 22.0 Å². The van der Waals surface area contributed by atoms with Gasteiger partial charge in [-0.25, -0.2) is 9.36 Å². The third-order valence-electron chi connectivity index (χ3n) is 12.0. The third kappa shape index (κ3) is 14.2. The van der Waals surface area contributed by atoms with E-state index in [0.29, 0.717) is 121 Å². The Labute approximate surface area is 385 Å². The van der Waals surface area contributed by atoms with Crippen molar-refractivity contribution in [1.29, 1.82) is 0 Å². The average molecular weight is 925 g/mol. The first-order valence-corrected chi connectivity index (χ1v) is 22.8. The molecule has 2 fully saturated rings. The average Bonchev–Trinajstić information content (AvgIpc) is 4.04. The zero-order chi connectivity index (χ0) is 47.6. The van der Waals surface area contributed by atoms with Gasteiger partial charge in [0.05, 0.1) is 69.8 Å². The molecule has 6 atom stereocenters. The maximum absolute atomic E-state index is 14.1. The minimum atomic E-state index is -1.02. The Kier molecular flexibility index (Phi) is 20.2. The van der Waals surface area contributed by atoms with Crippen LogP contribution < -0.4 is 26.6 Å². The highest BCUT2D eigenvalue weighted by atomic mass is 16.5. The molecule has 0 bridgehead atoms. The molecule has 364 valence electrons. The van der Waals surface area contributed by atoms with Crippen molar-refractivity contribution in [3.8, 4) is 12.3 Å². The molecule has 24 heteroatoms. The van der Waals surface area contributed by atoms with Gasteiger partial charge in [0.25, 0.3) is 0 Å². The first kappa shape index (κ1) is 51.4. The summed E-state index contributed by atoms with van der Waals surface area (Å²) in [6, 6.07) is -2.55. The Morgan fingerprint density at radius 1 is 0.773 bits per heavy atom. The standard InChI is InChI=1S/C42H68N16O8/c1-6-20-64-22-24-66-25-23-65-21-11-45-40-46-41(55-16-12-53(13-17-55)38(62)34(9-10-35(60)61)57-27-33(50-51-57)36(44)29(4)7-2)48-42(47-40)56-18-14-54(15-19-56)39(63)37(30(5)8-3)58-26-32(49-52-58)31(43)28-59/h1,26-27,29-31,34,36-37,59H,7-25,28,43-44H2,2-5H3,(H,60,61)(H,45,46,47,48). The summed E-state index contributed by atoms with van der Waals surface area (Å²) in [5.41, 5.74) is 13.3. The van der Waals surface area contributed by atoms with Gasteiger partial charge < -0.3 is 60.8 Å². The topological polar surface area (TPSA) is 296 Å². The van der Waals surface area contributed by atoms with E-state index in [4.69, 9.17) is 47.1 Å². The van der Waals surface area contributed by atoms with Crippen LogP contribution in [-0.4, -0.2) is 188 Å². The Bertz CT molecular complexity index is 2010. The van der Waals surface area contributed by atoms with Crippen molar-refractivity contribution in [3.63, 3.8) is 0 Å². The molecule has 3 aromatic rings. The molecule has 6 unspecified atom stereocenters. The fourth-order valence-electron chi connectivity index (χ4n) is 7.47. The van der Waals surface area contributed by atoms with Gasteiger partial charge in [-0.15, -0.1) is 16.6 Å². The lowest BCUT2D eigenvalue weighted by Gasteiger charge is -2.38. The van der Waals surface area contributed by atoms with Crippen LogP contribution in [0.25, 0.3) is 0 Å². The molecule has 0 spiro atoms. The maximum atomic E-state index is 14.1. The summed E-state index contributed by atoms with van der Waals surface area (Å²) in [5, 5.41) is 39.1. The van der Waals surface area contributed by atoms with Gasteiger partial charge in [-0.05, 0) is 18.3 Å². The fourth-order valence-corrected chi connectivity index (χ4v) is 7.47. The second-order valence-corrected chi connectivity index (χ2v) is 16.5. The van der Waals surface area contributed by atoms with E-state index in [1.165, 1.54) is 4.68 Å². The number of anilines is 3. The molecule has 5 rings (SSSR count). The molecular weight excluding hydrogens is 857 g/mol. The number of nitrogens with one attached hydrogen (secondary N) is 1. The monoisotopic (exact) mass is 925 g/mol. The van der Waals surface area contributed by atoms with Crippen LogP contribution in [0.15, 0.2) is 12.4 Å². The van der Waals surface area contributed by atoms with Gasteiger partial charge in [-0.2, -0.15) is 15.0 Å². The maximum Gasteiger partial charge on any atom is 0.303 e. The van der Waals surface area contributed by atoms with Gasteiger partial charge in [-0.1, -0.05) is 56.9 Å². The largest absolute Gasteiger partial charge is 0.481 e. The van der Waals surface area contributed by atoms with Crippen LogP contribution in [0.5, 0.6) is 0 Å². The number of piperazine rings is 2. The number of aromatic nitrogens is 9. The lowest BCUT2D eigenvalue weighted by molar-refractivity contribution is -0.139. The number of carbonyl (C=O) groups is 3. The molecule has 0 aromatic carbocycles. The summed E-state index contributed by atoms with van der Waals surface area (Å²) >= 11 is 0. The number of carbonyl (C=O) groups excluding carboxylic acids is 2. The van der Waals surface area contributed by atoms with Crippen LogP contribution in [-0.2, 0) is 28.6 Å². The molecule has 2 amide bonds. The van der Waals surface area contributed by atoms with Gasteiger partial charge in [0.1, 0.15) is 24.4 Å². The fraction of sp³-hybridized carbons (Fsp3) is 0.714. The normalized spacial score (nSPS) is 17.2. The summed E-state index contributed by atoms with van der Waals surface area (Å²) in [6.45, 7) is 13.5. The number of hydrogen-bond donors (Lipinski definition) is 5. The van der Waals surface area contributed by atoms with E-state index in [2.05, 4.69) is 31.9 Å². The number of aliphatic hydroxyl groups excluding tert-OH is 1. The lowest BCUT2D eigenvalue weighted by Crippen LogP contribution is -2.52. The van der Waals surface area contributed by atoms with E-state index < -0.39 is 24.1 Å². The predicted molar refractivity (Wildman–Crippen MR) is 242 cm³/mol. The number of rotatable bonds is 27. The quantitative estimate of drug-likeness (QED) is 0.0492. The SMILES string of the molecule is C#CCOCCOCCOCCNc1nc(N2CCN(C(=O)C(CCC(=O)O)n3cc(C(N)C(C)CC)nn3)CC2)nc(N2CCN(C(=O)C(C(C)CC)n3cc(C(N)CO)nn3)CC2)n1.